The largest absolute Gasteiger partial charge is 0.465 e. The summed E-state index contributed by atoms with van der Waals surface area (Å²) in [5.41, 5.74) is 0. The van der Waals surface area contributed by atoms with Crippen LogP contribution in [0.1, 0.15) is 65.2 Å². The highest BCUT2D eigenvalue weighted by Crippen LogP contribution is 2.24. The van der Waals surface area contributed by atoms with Gasteiger partial charge in [0, 0.05) is 26.2 Å². The Morgan fingerprint density at radius 2 is 1.23 bits per heavy atom. The Morgan fingerprint density at radius 3 is 1.58 bits per heavy atom. The van der Waals surface area contributed by atoms with Gasteiger partial charge in [-0.05, 0) is 12.8 Å². The molecule has 0 aromatic carbocycles. The molecule has 1 fully saturated rings. The molecule has 0 spiro atoms. The van der Waals surface area contributed by atoms with Crippen LogP contribution in [0.5, 0.6) is 0 Å². The highest BCUT2D eigenvalue weighted by molar-refractivity contribution is 5.89. The first-order valence-electron chi connectivity index (χ1n) is 10.0. The molecule has 1 aliphatic rings. The molecule has 3 amide bonds. The Labute approximate surface area is 156 Å². The first-order valence-corrected chi connectivity index (χ1v) is 10.0. The maximum absolute atomic E-state index is 12.5. The molecule has 0 aliphatic carbocycles. The van der Waals surface area contributed by atoms with Crippen molar-refractivity contribution in [1.29, 1.82) is 0 Å². The van der Waals surface area contributed by atoms with Crippen LogP contribution in [-0.4, -0.2) is 54.1 Å². The van der Waals surface area contributed by atoms with Crippen molar-refractivity contribution in [2.24, 2.45) is 11.8 Å². The number of hydrogen-bond donors (Lipinski definition) is 3. The van der Waals surface area contributed by atoms with Gasteiger partial charge in [0.05, 0.1) is 11.8 Å². The molecule has 7 heteroatoms. The lowest BCUT2D eigenvalue weighted by molar-refractivity contribution is -0.132. The number of unbranched alkanes of at least 4 members (excludes halogenated alkanes) is 6. The van der Waals surface area contributed by atoms with Gasteiger partial charge in [0.1, 0.15) is 0 Å². The predicted molar refractivity (Wildman–Crippen MR) is 101 cm³/mol. The van der Waals surface area contributed by atoms with E-state index in [1.807, 2.05) is 0 Å². The van der Waals surface area contributed by atoms with Crippen LogP contribution in [0.4, 0.5) is 4.79 Å². The minimum Gasteiger partial charge on any atom is -0.465 e. The van der Waals surface area contributed by atoms with E-state index in [0.717, 1.165) is 51.4 Å². The average Bonchev–Trinajstić information content (AvgIpc) is 3.07. The van der Waals surface area contributed by atoms with Crippen molar-refractivity contribution in [1.82, 2.24) is 15.5 Å². The summed E-state index contributed by atoms with van der Waals surface area (Å²) in [6.07, 6.45) is 7.38. The highest BCUT2D eigenvalue weighted by Gasteiger charge is 2.43. The van der Waals surface area contributed by atoms with Crippen molar-refractivity contribution in [3.63, 3.8) is 0 Å². The molecule has 1 aliphatic heterocycles. The molecule has 3 N–H and O–H groups in total. The van der Waals surface area contributed by atoms with Gasteiger partial charge in [-0.15, -0.1) is 0 Å². The van der Waals surface area contributed by atoms with Gasteiger partial charge in [-0.25, -0.2) is 4.79 Å². The van der Waals surface area contributed by atoms with Gasteiger partial charge >= 0.3 is 6.09 Å². The standard InChI is InChI=1S/C19H35N3O4/c1-3-5-7-9-11-20-17(23)15-13-22(19(25)26)14-16(15)18(24)21-12-10-8-6-4-2/h15-16H,3-14H2,1-2H3,(H,20,23)(H,21,24)(H,25,26)/t15-,16-/m1/s1. The molecular weight excluding hydrogens is 334 g/mol. The Hall–Kier alpha value is -1.79. The molecule has 7 nitrogen and oxygen atoms in total. The van der Waals surface area contributed by atoms with Gasteiger partial charge in [-0.2, -0.15) is 0 Å². The molecule has 1 saturated heterocycles. The molecule has 26 heavy (non-hydrogen) atoms. The van der Waals surface area contributed by atoms with E-state index in [0.29, 0.717) is 13.1 Å². The zero-order valence-electron chi connectivity index (χ0n) is 16.3. The lowest BCUT2D eigenvalue weighted by Crippen LogP contribution is -2.42. The van der Waals surface area contributed by atoms with E-state index >= 15 is 0 Å². The van der Waals surface area contributed by atoms with Gasteiger partial charge in [0.15, 0.2) is 0 Å². The lowest BCUT2D eigenvalue weighted by atomic mass is 9.94. The molecule has 0 unspecified atom stereocenters. The molecule has 1 rings (SSSR count). The fraction of sp³-hybridized carbons (Fsp3) is 0.842. The zero-order chi connectivity index (χ0) is 19.4. The Kier molecular flexibility index (Phi) is 10.7. The van der Waals surface area contributed by atoms with Crippen LogP contribution in [-0.2, 0) is 9.59 Å². The van der Waals surface area contributed by atoms with E-state index in [4.69, 9.17) is 0 Å². The monoisotopic (exact) mass is 369 g/mol. The Morgan fingerprint density at radius 1 is 0.808 bits per heavy atom. The summed E-state index contributed by atoms with van der Waals surface area (Å²) in [6, 6.07) is 0. The SMILES string of the molecule is CCCCCCNC(=O)[C@@H]1CN(C(=O)O)C[C@H]1C(=O)NCCCCCC. The molecule has 150 valence electrons. The van der Waals surface area contributed by atoms with E-state index < -0.39 is 17.9 Å². The number of carbonyl (C=O) groups is 3. The quantitative estimate of drug-likeness (QED) is 0.461. The van der Waals surface area contributed by atoms with Crippen molar-refractivity contribution in [3.05, 3.63) is 0 Å². The van der Waals surface area contributed by atoms with Crippen LogP contribution >= 0.6 is 0 Å². The first kappa shape index (κ1) is 22.3. The third-order valence-electron chi connectivity index (χ3n) is 4.92. The van der Waals surface area contributed by atoms with Crippen LogP contribution in [0.2, 0.25) is 0 Å². The van der Waals surface area contributed by atoms with Gasteiger partial charge in [0.2, 0.25) is 11.8 Å². The van der Waals surface area contributed by atoms with Crippen molar-refractivity contribution in [2.75, 3.05) is 26.2 Å². The molecule has 0 radical (unpaired) electrons. The van der Waals surface area contributed by atoms with Crippen LogP contribution < -0.4 is 10.6 Å². The van der Waals surface area contributed by atoms with E-state index in [-0.39, 0.29) is 24.9 Å². The maximum Gasteiger partial charge on any atom is 0.407 e. The average molecular weight is 370 g/mol. The van der Waals surface area contributed by atoms with Crippen LogP contribution in [0.3, 0.4) is 0 Å². The second-order valence-electron chi connectivity index (χ2n) is 7.10. The Bertz CT molecular complexity index is 422. The molecule has 0 saturated carbocycles. The third kappa shape index (κ3) is 7.62. The third-order valence-corrected chi connectivity index (χ3v) is 4.92. The molecule has 0 bridgehead atoms. The summed E-state index contributed by atoms with van der Waals surface area (Å²) in [6.45, 7) is 5.59. The summed E-state index contributed by atoms with van der Waals surface area (Å²) in [5, 5.41) is 15.0. The number of rotatable bonds is 12. The number of nitrogens with one attached hydrogen (secondary N) is 2. The summed E-state index contributed by atoms with van der Waals surface area (Å²) in [5.74, 6) is -1.63. The van der Waals surface area contributed by atoms with Gasteiger partial charge in [-0.1, -0.05) is 52.4 Å². The molecule has 0 aromatic heterocycles. The molecule has 1 heterocycles. The highest BCUT2D eigenvalue weighted by atomic mass is 16.4. The van der Waals surface area contributed by atoms with Crippen molar-refractivity contribution in [2.45, 2.75) is 65.2 Å². The van der Waals surface area contributed by atoms with Gasteiger partial charge < -0.3 is 20.6 Å². The van der Waals surface area contributed by atoms with Gasteiger partial charge in [0.25, 0.3) is 0 Å². The van der Waals surface area contributed by atoms with Crippen molar-refractivity contribution in [3.8, 4) is 0 Å². The normalized spacial score (nSPS) is 19.4. The van der Waals surface area contributed by atoms with E-state index in [1.165, 1.54) is 4.90 Å². The van der Waals surface area contributed by atoms with Crippen LogP contribution in [0.15, 0.2) is 0 Å². The van der Waals surface area contributed by atoms with Crippen LogP contribution in [0, 0.1) is 11.8 Å². The van der Waals surface area contributed by atoms with E-state index in [9.17, 15) is 19.5 Å². The summed E-state index contributed by atoms with van der Waals surface area (Å²) >= 11 is 0. The van der Waals surface area contributed by atoms with E-state index in [2.05, 4.69) is 24.5 Å². The summed E-state index contributed by atoms with van der Waals surface area (Å²) < 4.78 is 0. The van der Waals surface area contributed by atoms with Crippen molar-refractivity contribution >= 4 is 17.9 Å². The number of carboxylic acid groups (broad SMARTS) is 1. The zero-order valence-corrected chi connectivity index (χ0v) is 16.3. The fourth-order valence-electron chi connectivity index (χ4n) is 3.28. The minimum absolute atomic E-state index is 0.0873. The predicted octanol–water partition coefficient (Wildman–Crippen LogP) is 2.61. The number of amides is 3. The second kappa shape index (κ2) is 12.5. The maximum atomic E-state index is 12.5. The molecule has 2 atom stereocenters. The first-order chi connectivity index (χ1) is 12.5. The summed E-state index contributed by atoms with van der Waals surface area (Å²) in [4.78, 5) is 37.4. The molecule has 0 aromatic rings. The second-order valence-corrected chi connectivity index (χ2v) is 7.10. The van der Waals surface area contributed by atoms with E-state index in [1.54, 1.807) is 0 Å². The van der Waals surface area contributed by atoms with Crippen molar-refractivity contribution < 1.29 is 19.5 Å². The van der Waals surface area contributed by atoms with Gasteiger partial charge in [-0.3, -0.25) is 9.59 Å². The smallest absolute Gasteiger partial charge is 0.407 e. The number of hydrogen-bond acceptors (Lipinski definition) is 3. The minimum atomic E-state index is -1.08. The molecular formula is C19H35N3O4. The fourth-order valence-corrected chi connectivity index (χ4v) is 3.28. The number of carbonyl (C=O) groups excluding carboxylic acids is 2. The summed E-state index contributed by atoms with van der Waals surface area (Å²) in [7, 11) is 0. The number of nitrogens with zero attached hydrogens (tertiary/aromatic N) is 1. The lowest BCUT2D eigenvalue weighted by Gasteiger charge is -2.17. The topological polar surface area (TPSA) is 98.7 Å². The Balaban J connectivity index is 2.51. The number of likely N-dealkylation sites (tertiary alicyclic amines) is 1. The van der Waals surface area contributed by atoms with Crippen LogP contribution in [0.25, 0.3) is 0 Å².